The summed E-state index contributed by atoms with van der Waals surface area (Å²) in [5, 5.41) is 0.307. The van der Waals surface area contributed by atoms with Gasteiger partial charge in [0.15, 0.2) is 5.78 Å². The number of rotatable bonds is 2. The third-order valence-electron chi connectivity index (χ3n) is 3.02. The van der Waals surface area contributed by atoms with E-state index in [1.54, 1.807) is 11.0 Å². The van der Waals surface area contributed by atoms with E-state index in [-0.39, 0.29) is 11.9 Å². The van der Waals surface area contributed by atoms with Gasteiger partial charge in [0, 0.05) is 18.7 Å². The lowest BCUT2D eigenvalue weighted by Gasteiger charge is -2.24. The highest BCUT2D eigenvalue weighted by molar-refractivity contribution is 9.09. The number of amides is 1. The third kappa shape index (κ3) is 3.39. The minimum Gasteiger partial charge on any atom is -0.444 e. The summed E-state index contributed by atoms with van der Waals surface area (Å²) in [6, 6.07) is 5.58. The van der Waals surface area contributed by atoms with Gasteiger partial charge in [0.25, 0.3) is 0 Å². The van der Waals surface area contributed by atoms with Crippen molar-refractivity contribution in [1.29, 1.82) is 0 Å². The summed E-state index contributed by atoms with van der Waals surface area (Å²) in [7, 11) is 0. The number of alkyl halides is 1. The molecule has 0 unspecified atom stereocenters. The fourth-order valence-corrected chi connectivity index (χ4v) is 2.42. The fraction of sp³-hybridized carbons (Fsp3) is 0.467. The molecule has 1 aliphatic heterocycles. The molecule has 0 radical (unpaired) electrons. The van der Waals surface area contributed by atoms with Crippen LogP contribution in [0.1, 0.15) is 42.3 Å². The molecule has 0 spiro atoms. The van der Waals surface area contributed by atoms with Crippen LogP contribution in [0.4, 0.5) is 4.79 Å². The lowest BCUT2D eigenvalue weighted by Crippen LogP contribution is -2.33. The van der Waals surface area contributed by atoms with Crippen LogP contribution in [0.5, 0.6) is 0 Å². The first-order valence-corrected chi connectivity index (χ1v) is 7.61. The van der Waals surface area contributed by atoms with Gasteiger partial charge in [-0.1, -0.05) is 28.1 Å². The van der Waals surface area contributed by atoms with Crippen molar-refractivity contribution >= 4 is 27.8 Å². The topological polar surface area (TPSA) is 46.6 Å². The number of Topliss-reactive ketones (excluding diaryl/α,β-unsaturated/α-hetero) is 1. The zero-order valence-corrected chi connectivity index (χ0v) is 13.5. The number of hydrogen-bond acceptors (Lipinski definition) is 3. The first-order valence-electron chi connectivity index (χ1n) is 6.49. The molecule has 20 heavy (non-hydrogen) atoms. The summed E-state index contributed by atoms with van der Waals surface area (Å²) in [5.41, 5.74) is 2.26. The van der Waals surface area contributed by atoms with Crippen LogP contribution in [-0.2, 0) is 17.8 Å². The Morgan fingerprint density at radius 3 is 2.50 bits per heavy atom. The summed E-state index contributed by atoms with van der Waals surface area (Å²) >= 11 is 3.17. The predicted octanol–water partition coefficient (Wildman–Crippen LogP) is 3.51. The number of carbonyl (C=O) groups is 2. The standard InChI is InChI=1S/C15H18BrNO3/c1-15(2,3)20-14(19)17-8-11-5-4-10(13(18)7-16)6-12(11)9-17/h4-6H,7-9H2,1-3H3. The van der Waals surface area contributed by atoms with Crippen molar-refractivity contribution < 1.29 is 14.3 Å². The molecular weight excluding hydrogens is 322 g/mol. The SMILES string of the molecule is CC(C)(C)OC(=O)N1Cc2ccc(C(=O)CBr)cc2C1. The first-order chi connectivity index (χ1) is 9.30. The average Bonchev–Trinajstić information content (AvgIpc) is 2.78. The molecule has 0 aromatic heterocycles. The number of benzene rings is 1. The lowest BCUT2D eigenvalue weighted by atomic mass is 10.0. The van der Waals surface area contributed by atoms with Crippen LogP contribution in [0, 0.1) is 0 Å². The van der Waals surface area contributed by atoms with E-state index in [0.29, 0.717) is 24.0 Å². The van der Waals surface area contributed by atoms with Crippen molar-refractivity contribution in [2.75, 3.05) is 5.33 Å². The van der Waals surface area contributed by atoms with Gasteiger partial charge < -0.3 is 4.74 Å². The average molecular weight is 340 g/mol. The predicted molar refractivity (Wildman–Crippen MR) is 80.0 cm³/mol. The highest BCUT2D eigenvalue weighted by Gasteiger charge is 2.28. The molecule has 0 bridgehead atoms. The first kappa shape index (κ1) is 15.0. The minimum absolute atomic E-state index is 0.0449. The van der Waals surface area contributed by atoms with E-state index in [9.17, 15) is 9.59 Å². The monoisotopic (exact) mass is 339 g/mol. The Kier molecular flexibility index (Phi) is 4.18. The summed E-state index contributed by atoms with van der Waals surface area (Å²) in [4.78, 5) is 25.3. The van der Waals surface area contributed by atoms with Crippen LogP contribution in [0.3, 0.4) is 0 Å². The van der Waals surface area contributed by atoms with Crippen LogP contribution in [0.25, 0.3) is 0 Å². The van der Waals surface area contributed by atoms with E-state index >= 15 is 0 Å². The normalized spacial score (nSPS) is 14.1. The van der Waals surface area contributed by atoms with Gasteiger partial charge in [0.05, 0.1) is 5.33 Å². The van der Waals surface area contributed by atoms with Gasteiger partial charge in [-0.2, -0.15) is 0 Å². The van der Waals surface area contributed by atoms with Crippen LogP contribution in [0.15, 0.2) is 18.2 Å². The smallest absolute Gasteiger partial charge is 0.410 e. The number of nitrogens with zero attached hydrogens (tertiary/aromatic N) is 1. The van der Waals surface area contributed by atoms with E-state index in [1.807, 2.05) is 32.9 Å². The van der Waals surface area contributed by atoms with Crippen LogP contribution in [0.2, 0.25) is 0 Å². The largest absolute Gasteiger partial charge is 0.444 e. The summed E-state index contributed by atoms with van der Waals surface area (Å²) in [6.07, 6.45) is -0.318. The zero-order valence-electron chi connectivity index (χ0n) is 11.9. The molecule has 4 nitrogen and oxygen atoms in total. The number of fused-ring (bicyclic) bond motifs is 1. The number of hydrogen-bond donors (Lipinski definition) is 0. The lowest BCUT2D eigenvalue weighted by molar-refractivity contribution is 0.0242. The molecule has 2 rings (SSSR count). The summed E-state index contributed by atoms with van der Waals surface area (Å²) in [5.74, 6) is 0.0449. The van der Waals surface area contributed by atoms with Crippen molar-refractivity contribution in [2.45, 2.75) is 39.5 Å². The van der Waals surface area contributed by atoms with Crippen LogP contribution >= 0.6 is 15.9 Å². The van der Waals surface area contributed by atoms with Gasteiger partial charge >= 0.3 is 6.09 Å². The molecule has 108 valence electrons. The Bertz CT molecular complexity index is 549. The second kappa shape index (κ2) is 5.56. The molecule has 5 heteroatoms. The Morgan fingerprint density at radius 1 is 1.25 bits per heavy atom. The van der Waals surface area contributed by atoms with Crippen molar-refractivity contribution in [2.24, 2.45) is 0 Å². The Balaban J connectivity index is 2.11. The fourth-order valence-electron chi connectivity index (χ4n) is 2.10. The highest BCUT2D eigenvalue weighted by atomic mass is 79.9. The van der Waals surface area contributed by atoms with Crippen molar-refractivity contribution in [3.05, 3.63) is 34.9 Å². The van der Waals surface area contributed by atoms with Gasteiger partial charge in [-0.25, -0.2) is 4.79 Å². The molecule has 1 aromatic carbocycles. The summed E-state index contributed by atoms with van der Waals surface area (Å²) < 4.78 is 5.36. The molecule has 1 aromatic rings. The number of ether oxygens (including phenoxy) is 1. The maximum atomic E-state index is 12.0. The highest BCUT2D eigenvalue weighted by Crippen LogP contribution is 2.25. The van der Waals surface area contributed by atoms with E-state index in [1.165, 1.54) is 0 Å². The zero-order chi connectivity index (χ0) is 14.9. The van der Waals surface area contributed by atoms with Crippen molar-refractivity contribution in [3.63, 3.8) is 0 Å². The second-order valence-corrected chi connectivity index (χ2v) is 6.44. The Morgan fingerprint density at radius 2 is 1.90 bits per heavy atom. The molecule has 0 fully saturated rings. The molecule has 1 aliphatic rings. The molecule has 1 heterocycles. The minimum atomic E-state index is -0.497. The Hall–Kier alpha value is -1.36. The molecule has 0 aliphatic carbocycles. The third-order valence-corrected chi connectivity index (χ3v) is 3.53. The van der Waals surface area contributed by atoms with E-state index in [0.717, 1.165) is 11.1 Å². The maximum Gasteiger partial charge on any atom is 0.410 e. The Labute approximate surface area is 127 Å². The van der Waals surface area contributed by atoms with Crippen LogP contribution in [-0.4, -0.2) is 27.7 Å². The van der Waals surface area contributed by atoms with E-state index in [4.69, 9.17) is 4.74 Å². The van der Waals surface area contributed by atoms with Crippen molar-refractivity contribution in [3.8, 4) is 0 Å². The quantitative estimate of drug-likeness (QED) is 0.611. The molecule has 1 amide bonds. The van der Waals surface area contributed by atoms with Gasteiger partial charge in [-0.05, 0) is 38.0 Å². The number of carbonyl (C=O) groups excluding carboxylic acids is 2. The molecule has 0 atom stereocenters. The van der Waals surface area contributed by atoms with Gasteiger partial charge in [0.1, 0.15) is 5.60 Å². The maximum absolute atomic E-state index is 12.0. The number of halogens is 1. The molecular formula is C15H18BrNO3. The van der Waals surface area contributed by atoms with Crippen LogP contribution < -0.4 is 0 Å². The van der Waals surface area contributed by atoms with E-state index in [2.05, 4.69) is 15.9 Å². The number of ketones is 1. The van der Waals surface area contributed by atoms with E-state index < -0.39 is 5.60 Å². The van der Waals surface area contributed by atoms with Crippen molar-refractivity contribution in [1.82, 2.24) is 4.90 Å². The van der Waals surface area contributed by atoms with Gasteiger partial charge in [-0.15, -0.1) is 0 Å². The van der Waals surface area contributed by atoms with Gasteiger partial charge in [-0.3, -0.25) is 9.69 Å². The summed E-state index contributed by atoms with van der Waals surface area (Å²) in [6.45, 7) is 6.57. The molecule has 0 N–H and O–H groups in total. The van der Waals surface area contributed by atoms with Gasteiger partial charge in [0.2, 0.25) is 0 Å². The molecule has 0 saturated heterocycles. The molecule has 0 saturated carbocycles. The second-order valence-electron chi connectivity index (χ2n) is 5.88.